The van der Waals surface area contributed by atoms with E-state index in [0.29, 0.717) is 11.3 Å². The standard InChI is InChI=1S/C17H22N2O4S2/c1-14-9-10-15(2)17(13-14)25(22,23)18-11-12-19(24(3,20)21)16-7-5-4-6-8-16/h4-10,13,18H,11-12H2,1-3H3. The van der Waals surface area contributed by atoms with E-state index in [0.717, 1.165) is 11.8 Å². The van der Waals surface area contributed by atoms with E-state index in [4.69, 9.17) is 0 Å². The predicted molar refractivity (Wildman–Crippen MR) is 99.7 cm³/mol. The maximum absolute atomic E-state index is 12.5. The van der Waals surface area contributed by atoms with Crippen LogP contribution in [0.2, 0.25) is 0 Å². The number of para-hydroxylation sites is 1. The van der Waals surface area contributed by atoms with E-state index in [1.807, 2.05) is 13.0 Å². The van der Waals surface area contributed by atoms with Gasteiger partial charge in [-0.1, -0.05) is 30.3 Å². The zero-order valence-electron chi connectivity index (χ0n) is 14.4. The van der Waals surface area contributed by atoms with Crippen LogP contribution in [-0.2, 0) is 20.0 Å². The average molecular weight is 383 g/mol. The summed E-state index contributed by atoms with van der Waals surface area (Å²) in [6, 6.07) is 13.8. The Labute approximate surface area is 149 Å². The van der Waals surface area contributed by atoms with Crippen molar-refractivity contribution in [2.24, 2.45) is 0 Å². The van der Waals surface area contributed by atoms with Crippen LogP contribution in [0.5, 0.6) is 0 Å². The molecule has 0 aliphatic rings. The lowest BCUT2D eigenvalue weighted by Gasteiger charge is -2.22. The fourth-order valence-corrected chi connectivity index (χ4v) is 4.71. The Hall–Kier alpha value is -1.90. The van der Waals surface area contributed by atoms with E-state index >= 15 is 0 Å². The minimum atomic E-state index is -3.71. The quantitative estimate of drug-likeness (QED) is 0.794. The summed E-state index contributed by atoms with van der Waals surface area (Å²) in [5.74, 6) is 0. The van der Waals surface area contributed by atoms with Crippen LogP contribution in [0.25, 0.3) is 0 Å². The summed E-state index contributed by atoms with van der Waals surface area (Å²) in [7, 11) is -7.22. The first kappa shape index (κ1) is 19.4. The molecular formula is C17H22N2O4S2. The van der Waals surface area contributed by atoms with Crippen LogP contribution in [0.4, 0.5) is 5.69 Å². The number of aryl methyl sites for hydroxylation is 2. The van der Waals surface area contributed by atoms with Gasteiger partial charge in [0.15, 0.2) is 0 Å². The second kappa shape index (κ2) is 7.55. The van der Waals surface area contributed by atoms with Gasteiger partial charge in [-0.05, 0) is 43.2 Å². The lowest BCUT2D eigenvalue weighted by molar-refractivity contribution is 0.577. The highest BCUT2D eigenvalue weighted by molar-refractivity contribution is 7.92. The SMILES string of the molecule is Cc1ccc(C)c(S(=O)(=O)NCCN(c2ccccc2)S(C)(=O)=O)c1. The molecule has 2 aromatic rings. The van der Waals surface area contributed by atoms with Crippen LogP contribution in [0.15, 0.2) is 53.4 Å². The van der Waals surface area contributed by atoms with Crippen molar-refractivity contribution in [1.29, 1.82) is 0 Å². The molecule has 25 heavy (non-hydrogen) atoms. The number of anilines is 1. The number of nitrogens with one attached hydrogen (secondary N) is 1. The van der Waals surface area contributed by atoms with E-state index in [-0.39, 0.29) is 18.0 Å². The molecule has 0 heterocycles. The van der Waals surface area contributed by atoms with E-state index in [2.05, 4.69) is 4.72 Å². The van der Waals surface area contributed by atoms with Crippen molar-refractivity contribution >= 4 is 25.7 Å². The number of hydrogen-bond donors (Lipinski definition) is 1. The van der Waals surface area contributed by atoms with Gasteiger partial charge in [0.25, 0.3) is 0 Å². The third kappa shape index (κ3) is 5.04. The molecule has 0 bridgehead atoms. The van der Waals surface area contributed by atoms with Crippen LogP contribution >= 0.6 is 0 Å². The first-order chi connectivity index (χ1) is 11.6. The van der Waals surface area contributed by atoms with Gasteiger partial charge in [-0.2, -0.15) is 0 Å². The van der Waals surface area contributed by atoms with E-state index < -0.39 is 20.0 Å². The van der Waals surface area contributed by atoms with Gasteiger partial charge in [-0.25, -0.2) is 21.6 Å². The fraction of sp³-hybridized carbons (Fsp3) is 0.294. The van der Waals surface area contributed by atoms with Gasteiger partial charge in [0.1, 0.15) is 0 Å². The van der Waals surface area contributed by atoms with Gasteiger partial charge < -0.3 is 0 Å². The van der Waals surface area contributed by atoms with E-state index in [1.165, 1.54) is 4.31 Å². The number of sulfonamides is 2. The molecule has 0 spiro atoms. The molecule has 1 N–H and O–H groups in total. The van der Waals surface area contributed by atoms with Crippen molar-refractivity contribution < 1.29 is 16.8 Å². The van der Waals surface area contributed by atoms with Crippen molar-refractivity contribution in [2.75, 3.05) is 23.7 Å². The zero-order chi connectivity index (χ0) is 18.7. The third-order valence-electron chi connectivity index (χ3n) is 3.68. The molecule has 0 aromatic heterocycles. The van der Waals surface area contributed by atoms with Gasteiger partial charge in [0.2, 0.25) is 20.0 Å². The van der Waals surface area contributed by atoms with Crippen LogP contribution in [-0.4, -0.2) is 36.2 Å². The topological polar surface area (TPSA) is 83.6 Å². The smallest absolute Gasteiger partial charge is 0.240 e. The normalized spacial score (nSPS) is 12.1. The lowest BCUT2D eigenvalue weighted by Crippen LogP contribution is -2.38. The Morgan fingerprint density at radius 1 is 0.960 bits per heavy atom. The number of rotatable bonds is 7. The van der Waals surface area contributed by atoms with Gasteiger partial charge in [-0.15, -0.1) is 0 Å². The molecule has 2 aromatic carbocycles. The Kier molecular flexibility index (Phi) is 5.87. The average Bonchev–Trinajstić information content (AvgIpc) is 2.53. The minimum Gasteiger partial charge on any atom is -0.269 e. The summed E-state index contributed by atoms with van der Waals surface area (Å²) in [5, 5.41) is 0. The van der Waals surface area contributed by atoms with Crippen LogP contribution in [0, 0.1) is 13.8 Å². The lowest BCUT2D eigenvalue weighted by atomic mass is 10.2. The molecule has 0 saturated heterocycles. The van der Waals surface area contributed by atoms with Crippen LogP contribution in [0.1, 0.15) is 11.1 Å². The fourth-order valence-electron chi connectivity index (χ4n) is 2.44. The number of benzene rings is 2. The molecule has 6 nitrogen and oxygen atoms in total. The molecule has 136 valence electrons. The summed E-state index contributed by atoms with van der Waals surface area (Å²) in [6.07, 6.45) is 1.10. The summed E-state index contributed by atoms with van der Waals surface area (Å²) in [6.45, 7) is 3.52. The zero-order valence-corrected chi connectivity index (χ0v) is 16.1. The predicted octanol–water partition coefficient (Wildman–Crippen LogP) is 2.05. The molecule has 8 heteroatoms. The van der Waals surface area contributed by atoms with Crippen molar-refractivity contribution in [3.8, 4) is 0 Å². The van der Waals surface area contributed by atoms with E-state index in [1.54, 1.807) is 49.4 Å². The molecule has 0 aliphatic heterocycles. The second-order valence-electron chi connectivity index (χ2n) is 5.84. The summed E-state index contributed by atoms with van der Waals surface area (Å²) in [5.41, 5.74) is 1.98. The molecule has 0 saturated carbocycles. The second-order valence-corrected chi connectivity index (χ2v) is 9.48. The molecule has 0 atom stereocenters. The van der Waals surface area contributed by atoms with Gasteiger partial charge in [-0.3, -0.25) is 4.31 Å². The molecular weight excluding hydrogens is 360 g/mol. The molecule has 0 fully saturated rings. The molecule has 0 aliphatic carbocycles. The third-order valence-corrected chi connectivity index (χ3v) is 6.48. The number of nitrogens with zero attached hydrogens (tertiary/aromatic N) is 1. The summed E-state index contributed by atoms with van der Waals surface area (Å²) < 4.78 is 52.7. The van der Waals surface area contributed by atoms with Crippen molar-refractivity contribution in [1.82, 2.24) is 4.72 Å². The Morgan fingerprint density at radius 3 is 2.20 bits per heavy atom. The highest BCUT2D eigenvalue weighted by Gasteiger charge is 2.20. The molecule has 0 unspecified atom stereocenters. The van der Waals surface area contributed by atoms with Crippen molar-refractivity contribution in [2.45, 2.75) is 18.7 Å². The van der Waals surface area contributed by atoms with Crippen molar-refractivity contribution in [3.05, 3.63) is 59.7 Å². The first-order valence-corrected chi connectivity index (χ1v) is 11.0. The monoisotopic (exact) mass is 382 g/mol. The Morgan fingerprint density at radius 2 is 1.60 bits per heavy atom. The highest BCUT2D eigenvalue weighted by Crippen LogP contribution is 2.18. The summed E-state index contributed by atoms with van der Waals surface area (Å²) >= 11 is 0. The molecule has 0 radical (unpaired) electrons. The molecule has 2 rings (SSSR count). The van der Waals surface area contributed by atoms with Gasteiger partial charge in [0, 0.05) is 13.1 Å². The minimum absolute atomic E-state index is 0.00688. The van der Waals surface area contributed by atoms with Crippen LogP contribution in [0.3, 0.4) is 0 Å². The maximum Gasteiger partial charge on any atom is 0.240 e. The van der Waals surface area contributed by atoms with Gasteiger partial charge in [0.05, 0.1) is 16.8 Å². The van der Waals surface area contributed by atoms with Gasteiger partial charge >= 0.3 is 0 Å². The van der Waals surface area contributed by atoms with E-state index in [9.17, 15) is 16.8 Å². The number of hydrogen-bond acceptors (Lipinski definition) is 4. The Bertz CT molecular complexity index is 940. The summed E-state index contributed by atoms with van der Waals surface area (Å²) in [4.78, 5) is 0.207. The van der Waals surface area contributed by atoms with Crippen molar-refractivity contribution in [3.63, 3.8) is 0 Å². The Balaban J connectivity index is 2.15. The highest BCUT2D eigenvalue weighted by atomic mass is 32.2. The molecule has 0 amide bonds. The maximum atomic E-state index is 12.5. The largest absolute Gasteiger partial charge is 0.269 e. The first-order valence-electron chi connectivity index (χ1n) is 7.71. The van der Waals surface area contributed by atoms with Crippen LogP contribution < -0.4 is 9.03 Å².